The maximum Gasteiger partial charge on any atom is 0.196 e. The van der Waals surface area contributed by atoms with Crippen molar-refractivity contribution in [3.63, 3.8) is 0 Å². The van der Waals surface area contributed by atoms with Gasteiger partial charge in [0.25, 0.3) is 0 Å². The van der Waals surface area contributed by atoms with Crippen molar-refractivity contribution in [2.45, 2.75) is 55.9 Å². The van der Waals surface area contributed by atoms with Crippen molar-refractivity contribution in [1.82, 2.24) is 24.7 Å². The summed E-state index contributed by atoms with van der Waals surface area (Å²) in [6.45, 7) is 2.32. The minimum absolute atomic E-state index is 0.519. The van der Waals surface area contributed by atoms with Crippen molar-refractivity contribution in [1.29, 1.82) is 0 Å². The lowest BCUT2D eigenvalue weighted by Gasteiger charge is -2.17. The van der Waals surface area contributed by atoms with E-state index in [0.717, 1.165) is 51.5 Å². The van der Waals surface area contributed by atoms with E-state index in [2.05, 4.69) is 50.9 Å². The Morgan fingerprint density at radius 3 is 2.77 bits per heavy atom. The zero-order valence-corrected chi connectivity index (χ0v) is 19.0. The fourth-order valence-electron chi connectivity index (χ4n) is 4.41. The maximum absolute atomic E-state index is 6.42. The minimum atomic E-state index is 0.519. The molecular formula is C23H24N6S2. The number of hydrogen-bond donors (Lipinski definition) is 1. The van der Waals surface area contributed by atoms with Crippen molar-refractivity contribution >= 4 is 39.1 Å². The highest BCUT2D eigenvalue weighted by Gasteiger charge is 2.31. The topological polar surface area (TPSA) is 82.5 Å². The lowest BCUT2D eigenvalue weighted by atomic mass is 9.89. The number of hydrogen-bond acceptors (Lipinski definition) is 7. The molecule has 2 aliphatic carbocycles. The number of nitrogens with two attached hydrogens (primary N) is 1. The molecule has 2 N–H and O–H groups in total. The van der Waals surface area contributed by atoms with E-state index in [1.54, 1.807) is 23.1 Å². The van der Waals surface area contributed by atoms with Crippen molar-refractivity contribution in [2.24, 2.45) is 5.92 Å². The van der Waals surface area contributed by atoms with Gasteiger partial charge in [-0.25, -0.2) is 9.97 Å². The van der Waals surface area contributed by atoms with Crippen LogP contribution < -0.4 is 5.73 Å². The molecule has 8 heteroatoms. The number of fused-ring (bicyclic) bond motifs is 3. The first-order chi connectivity index (χ1) is 15.2. The predicted octanol–water partition coefficient (Wildman–Crippen LogP) is 5.15. The third-order valence-corrected chi connectivity index (χ3v) is 8.25. The molecule has 2 aliphatic rings. The van der Waals surface area contributed by atoms with E-state index in [1.165, 1.54) is 29.7 Å². The average Bonchev–Trinajstić information content (AvgIpc) is 3.42. The number of thioether (sulfide) groups is 1. The van der Waals surface area contributed by atoms with Crippen LogP contribution in [0.25, 0.3) is 15.9 Å². The molecule has 158 valence electrons. The molecule has 1 saturated carbocycles. The fraction of sp³-hybridized carbons (Fsp3) is 0.391. The molecule has 0 aliphatic heterocycles. The zero-order chi connectivity index (χ0) is 20.9. The number of thiophene rings is 1. The van der Waals surface area contributed by atoms with Gasteiger partial charge in [-0.05, 0) is 55.7 Å². The molecular weight excluding hydrogens is 424 g/mol. The normalized spacial score (nSPS) is 18.4. The molecule has 1 atom stereocenters. The number of aryl methyl sites for hydroxylation is 1. The van der Waals surface area contributed by atoms with Crippen LogP contribution in [0.2, 0.25) is 0 Å². The first kappa shape index (κ1) is 19.3. The van der Waals surface area contributed by atoms with Gasteiger partial charge in [-0.3, -0.25) is 4.57 Å². The minimum Gasteiger partial charge on any atom is -0.383 e. The number of para-hydroxylation sites is 1. The van der Waals surface area contributed by atoms with E-state index in [0.29, 0.717) is 17.5 Å². The van der Waals surface area contributed by atoms with Gasteiger partial charge < -0.3 is 5.73 Å². The summed E-state index contributed by atoms with van der Waals surface area (Å²) >= 11 is 3.42. The maximum atomic E-state index is 6.42. The largest absolute Gasteiger partial charge is 0.383 e. The smallest absolute Gasteiger partial charge is 0.196 e. The van der Waals surface area contributed by atoms with Gasteiger partial charge in [0.15, 0.2) is 5.16 Å². The molecule has 6 nitrogen and oxygen atoms in total. The second-order valence-corrected chi connectivity index (χ2v) is 10.7. The Balaban J connectivity index is 1.31. The van der Waals surface area contributed by atoms with Crippen LogP contribution in [-0.2, 0) is 18.6 Å². The first-order valence-electron chi connectivity index (χ1n) is 10.9. The summed E-state index contributed by atoms with van der Waals surface area (Å²) in [6, 6.07) is 10.4. The van der Waals surface area contributed by atoms with Crippen molar-refractivity contribution in [2.75, 3.05) is 5.73 Å². The first-order valence-corrected chi connectivity index (χ1v) is 12.7. The number of nitrogens with zero attached hydrogens (tertiary/aromatic N) is 5. The highest BCUT2D eigenvalue weighted by atomic mass is 32.2. The van der Waals surface area contributed by atoms with Gasteiger partial charge in [-0.2, -0.15) is 0 Å². The Morgan fingerprint density at radius 1 is 1.13 bits per heavy atom. The molecule has 3 aromatic heterocycles. The summed E-state index contributed by atoms with van der Waals surface area (Å²) in [7, 11) is 0. The quantitative estimate of drug-likeness (QED) is 0.425. The van der Waals surface area contributed by atoms with Gasteiger partial charge in [-0.1, -0.05) is 36.9 Å². The summed E-state index contributed by atoms with van der Waals surface area (Å²) < 4.78 is 2.19. The van der Waals surface area contributed by atoms with E-state index < -0.39 is 0 Å². The monoisotopic (exact) mass is 448 g/mol. The predicted molar refractivity (Wildman–Crippen MR) is 126 cm³/mol. The number of benzene rings is 1. The summed E-state index contributed by atoms with van der Waals surface area (Å²) in [6.07, 6.45) is 5.81. The second-order valence-electron chi connectivity index (χ2n) is 8.63. The molecule has 0 spiro atoms. The van der Waals surface area contributed by atoms with Crippen LogP contribution in [0.5, 0.6) is 0 Å². The van der Waals surface area contributed by atoms with Gasteiger partial charge >= 0.3 is 0 Å². The Morgan fingerprint density at radius 2 is 1.97 bits per heavy atom. The van der Waals surface area contributed by atoms with Gasteiger partial charge in [-0.15, -0.1) is 21.5 Å². The van der Waals surface area contributed by atoms with Crippen LogP contribution in [0, 0.1) is 5.92 Å². The molecule has 0 radical (unpaired) electrons. The Labute approximate surface area is 189 Å². The third kappa shape index (κ3) is 3.51. The fourth-order valence-corrected chi connectivity index (χ4v) is 6.63. The molecule has 4 aromatic rings. The van der Waals surface area contributed by atoms with E-state index in [-0.39, 0.29) is 0 Å². The number of anilines is 1. The molecule has 3 heterocycles. The van der Waals surface area contributed by atoms with Crippen LogP contribution in [0.1, 0.15) is 54.2 Å². The van der Waals surface area contributed by atoms with Crippen molar-refractivity contribution < 1.29 is 0 Å². The third-order valence-electron chi connectivity index (χ3n) is 6.17. The Hall–Kier alpha value is -2.45. The lowest BCUT2D eigenvalue weighted by Crippen LogP contribution is -2.09. The summed E-state index contributed by atoms with van der Waals surface area (Å²) in [5.41, 5.74) is 8.90. The second kappa shape index (κ2) is 7.60. The van der Waals surface area contributed by atoms with Gasteiger partial charge in [0.2, 0.25) is 0 Å². The van der Waals surface area contributed by atoms with Crippen molar-refractivity contribution in [3.8, 4) is 5.69 Å². The standard InChI is InChI=1S/C23H24N6S2/c1-13-7-10-16-17(11-13)31-22-19(16)20(24)25-18(26-22)12-30-23-28-27-21(14-8-9-14)29(23)15-5-3-2-4-6-15/h2-6,13-14H,7-12H2,1H3,(H2,24,25,26). The molecule has 31 heavy (non-hydrogen) atoms. The van der Waals surface area contributed by atoms with Crippen LogP contribution in [-0.4, -0.2) is 24.7 Å². The Kier molecular flexibility index (Phi) is 4.72. The highest BCUT2D eigenvalue weighted by molar-refractivity contribution is 7.98. The molecule has 0 amide bonds. The van der Waals surface area contributed by atoms with Gasteiger partial charge in [0.1, 0.15) is 22.3 Å². The number of rotatable bonds is 5. The van der Waals surface area contributed by atoms with E-state index in [4.69, 9.17) is 10.7 Å². The van der Waals surface area contributed by atoms with Crippen molar-refractivity contribution in [3.05, 3.63) is 52.4 Å². The van der Waals surface area contributed by atoms with Gasteiger partial charge in [0.05, 0.1) is 11.1 Å². The molecule has 1 fully saturated rings. The van der Waals surface area contributed by atoms with Gasteiger partial charge in [0, 0.05) is 16.5 Å². The summed E-state index contributed by atoms with van der Waals surface area (Å²) in [4.78, 5) is 12.0. The molecule has 0 bridgehead atoms. The highest BCUT2D eigenvalue weighted by Crippen LogP contribution is 2.42. The summed E-state index contributed by atoms with van der Waals surface area (Å²) in [5.74, 6) is 4.31. The Bertz CT molecular complexity index is 1260. The number of aromatic nitrogens is 5. The van der Waals surface area contributed by atoms with Crippen LogP contribution in [0.4, 0.5) is 5.82 Å². The average molecular weight is 449 g/mol. The van der Waals surface area contributed by atoms with Crippen LogP contribution >= 0.6 is 23.1 Å². The molecule has 1 unspecified atom stereocenters. The molecule has 1 aromatic carbocycles. The van der Waals surface area contributed by atoms with E-state index >= 15 is 0 Å². The van der Waals surface area contributed by atoms with Crippen LogP contribution in [0.15, 0.2) is 35.5 Å². The van der Waals surface area contributed by atoms with E-state index in [9.17, 15) is 0 Å². The van der Waals surface area contributed by atoms with E-state index in [1.807, 2.05) is 6.07 Å². The molecule has 6 rings (SSSR count). The lowest BCUT2D eigenvalue weighted by molar-refractivity contribution is 0.509. The zero-order valence-electron chi connectivity index (χ0n) is 17.4. The van der Waals surface area contributed by atoms with Crippen LogP contribution in [0.3, 0.4) is 0 Å². The number of nitrogen functional groups attached to an aromatic ring is 1. The SMILES string of the molecule is CC1CCc2c(sc3nc(CSc4nnc(C5CC5)n4-c4ccccc4)nc(N)c23)C1. The molecule has 0 saturated heterocycles. The summed E-state index contributed by atoms with van der Waals surface area (Å²) in [5, 5.41) is 11.0.